The lowest BCUT2D eigenvalue weighted by atomic mass is 10.1. The van der Waals surface area contributed by atoms with E-state index in [0.29, 0.717) is 30.1 Å². The van der Waals surface area contributed by atoms with Crippen molar-refractivity contribution in [2.24, 2.45) is 0 Å². The molecule has 2 aromatic rings. The number of benzene rings is 2. The first-order valence-corrected chi connectivity index (χ1v) is 8.74. The molecule has 0 saturated heterocycles. The van der Waals surface area contributed by atoms with E-state index in [4.69, 9.17) is 9.47 Å². The summed E-state index contributed by atoms with van der Waals surface area (Å²) in [5.74, 6) is -0.443. The topological polar surface area (TPSA) is 97.0 Å². The zero-order chi connectivity index (χ0) is 20.1. The van der Waals surface area contributed by atoms with Gasteiger partial charge in [-0.3, -0.25) is 14.4 Å². The molecule has 3 amide bonds. The molecule has 3 rings (SSSR count). The maximum Gasteiger partial charge on any atom is 0.313 e. The molecule has 2 N–H and O–H groups in total. The molecule has 0 spiro atoms. The Labute approximate surface area is 162 Å². The monoisotopic (exact) mass is 383 g/mol. The number of rotatable bonds is 5. The Morgan fingerprint density at radius 3 is 2.75 bits per heavy atom. The van der Waals surface area contributed by atoms with Crippen LogP contribution in [-0.4, -0.2) is 45.0 Å². The Balaban J connectivity index is 1.56. The molecule has 0 radical (unpaired) electrons. The third-order valence-electron chi connectivity index (χ3n) is 4.38. The first-order valence-electron chi connectivity index (χ1n) is 8.74. The molecule has 0 saturated carbocycles. The van der Waals surface area contributed by atoms with Crippen LogP contribution in [0.5, 0.6) is 11.5 Å². The van der Waals surface area contributed by atoms with Crippen LogP contribution < -0.4 is 25.0 Å². The van der Waals surface area contributed by atoms with Crippen LogP contribution in [0, 0.1) is 0 Å². The summed E-state index contributed by atoms with van der Waals surface area (Å²) in [6, 6.07) is 12.3. The minimum atomic E-state index is -0.786. The molecule has 0 unspecified atom stereocenters. The van der Waals surface area contributed by atoms with Crippen molar-refractivity contribution in [2.45, 2.75) is 6.42 Å². The fourth-order valence-corrected chi connectivity index (χ4v) is 2.84. The van der Waals surface area contributed by atoms with Crippen LogP contribution in [0.4, 0.5) is 11.4 Å². The smallest absolute Gasteiger partial charge is 0.313 e. The van der Waals surface area contributed by atoms with Crippen molar-refractivity contribution < 1.29 is 23.9 Å². The molecular formula is C20H21N3O5. The molecule has 0 aromatic heterocycles. The van der Waals surface area contributed by atoms with E-state index in [0.717, 1.165) is 11.3 Å². The van der Waals surface area contributed by atoms with Gasteiger partial charge >= 0.3 is 11.8 Å². The number of nitrogens with one attached hydrogen (secondary N) is 2. The maximum absolute atomic E-state index is 12.1. The van der Waals surface area contributed by atoms with Crippen molar-refractivity contribution in [3.8, 4) is 11.5 Å². The van der Waals surface area contributed by atoms with Gasteiger partial charge in [0.2, 0.25) is 0 Å². The van der Waals surface area contributed by atoms with Gasteiger partial charge in [0, 0.05) is 19.3 Å². The van der Waals surface area contributed by atoms with Crippen molar-refractivity contribution >= 4 is 29.1 Å². The molecule has 146 valence electrons. The third kappa shape index (κ3) is 4.22. The predicted octanol–water partition coefficient (Wildman–Crippen LogP) is 1.35. The lowest BCUT2D eigenvalue weighted by Crippen LogP contribution is -2.37. The summed E-state index contributed by atoms with van der Waals surface area (Å²) in [4.78, 5) is 37.4. The van der Waals surface area contributed by atoms with E-state index >= 15 is 0 Å². The number of ether oxygens (including phenoxy) is 2. The number of carbonyl (C=O) groups is 3. The number of carbonyl (C=O) groups excluding carboxylic acids is 3. The molecule has 2 aromatic carbocycles. The van der Waals surface area contributed by atoms with E-state index in [2.05, 4.69) is 10.6 Å². The lowest BCUT2D eigenvalue weighted by Gasteiger charge is -2.26. The number of hydrogen-bond acceptors (Lipinski definition) is 5. The van der Waals surface area contributed by atoms with Crippen LogP contribution in [0.25, 0.3) is 0 Å². The molecule has 28 heavy (non-hydrogen) atoms. The average molecular weight is 383 g/mol. The molecule has 0 bridgehead atoms. The molecule has 1 aliphatic heterocycles. The number of fused-ring (bicyclic) bond motifs is 1. The second-order valence-corrected chi connectivity index (χ2v) is 6.20. The van der Waals surface area contributed by atoms with Crippen molar-refractivity contribution in [2.75, 3.05) is 37.5 Å². The largest absolute Gasteiger partial charge is 0.496 e. The Bertz CT molecular complexity index is 912. The number of methoxy groups -OCH3 is 1. The van der Waals surface area contributed by atoms with Crippen LogP contribution in [-0.2, 0) is 20.8 Å². The highest BCUT2D eigenvalue weighted by molar-refractivity contribution is 6.39. The fraction of sp³-hybridized carbons (Fsp3) is 0.250. The molecule has 0 fully saturated rings. The van der Waals surface area contributed by atoms with E-state index in [9.17, 15) is 14.4 Å². The van der Waals surface area contributed by atoms with Crippen LogP contribution in [0.15, 0.2) is 42.5 Å². The van der Waals surface area contributed by atoms with E-state index < -0.39 is 11.8 Å². The average Bonchev–Trinajstić information content (AvgIpc) is 2.71. The number of likely N-dealkylation sites (N-methyl/N-ethyl adjacent to an activating group) is 1. The van der Waals surface area contributed by atoms with Crippen molar-refractivity contribution in [1.82, 2.24) is 5.32 Å². The number of anilines is 2. The zero-order valence-electron chi connectivity index (χ0n) is 15.7. The van der Waals surface area contributed by atoms with Crippen molar-refractivity contribution in [1.29, 1.82) is 0 Å². The van der Waals surface area contributed by atoms with Gasteiger partial charge in [-0.15, -0.1) is 0 Å². The third-order valence-corrected chi connectivity index (χ3v) is 4.38. The van der Waals surface area contributed by atoms with Crippen molar-refractivity contribution in [3.05, 3.63) is 48.0 Å². The Hall–Kier alpha value is -3.55. The maximum atomic E-state index is 12.1. The first kappa shape index (κ1) is 19.2. The highest BCUT2D eigenvalue weighted by atomic mass is 16.5. The molecule has 1 aliphatic rings. The quantitative estimate of drug-likeness (QED) is 0.760. The van der Waals surface area contributed by atoms with Gasteiger partial charge in [0.25, 0.3) is 5.91 Å². The van der Waals surface area contributed by atoms with Gasteiger partial charge in [0.1, 0.15) is 11.5 Å². The first-order chi connectivity index (χ1) is 13.5. The summed E-state index contributed by atoms with van der Waals surface area (Å²) in [5.41, 5.74) is 1.87. The number of nitrogens with zero attached hydrogens (tertiary/aromatic N) is 1. The summed E-state index contributed by atoms with van der Waals surface area (Å²) in [7, 11) is 3.21. The summed E-state index contributed by atoms with van der Waals surface area (Å²) >= 11 is 0. The van der Waals surface area contributed by atoms with Gasteiger partial charge in [-0.1, -0.05) is 18.2 Å². The lowest BCUT2D eigenvalue weighted by molar-refractivity contribution is -0.136. The molecule has 8 nitrogen and oxygen atoms in total. The summed E-state index contributed by atoms with van der Waals surface area (Å²) in [6.45, 7) is 0.270. The summed E-state index contributed by atoms with van der Waals surface area (Å²) in [6.07, 6.45) is 0.534. The van der Waals surface area contributed by atoms with Crippen LogP contribution in [0.3, 0.4) is 0 Å². The van der Waals surface area contributed by atoms with Crippen LogP contribution in [0.1, 0.15) is 5.56 Å². The molecule has 8 heteroatoms. The predicted molar refractivity (Wildman–Crippen MR) is 104 cm³/mol. The summed E-state index contributed by atoms with van der Waals surface area (Å²) in [5, 5.41) is 5.11. The highest BCUT2D eigenvalue weighted by Gasteiger charge is 2.23. The molecule has 0 aliphatic carbocycles. The second-order valence-electron chi connectivity index (χ2n) is 6.20. The Morgan fingerprint density at radius 2 is 1.96 bits per heavy atom. The number of amides is 3. The Morgan fingerprint density at radius 1 is 1.18 bits per heavy atom. The fourth-order valence-electron chi connectivity index (χ4n) is 2.84. The molecular weight excluding hydrogens is 362 g/mol. The van der Waals surface area contributed by atoms with Gasteiger partial charge < -0.3 is 25.0 Å². The van der Waals surface area contributed by atoms with Gasteiger partial charge in [-0.2, -0.15) is 0 Å². The van der Waals surface area contributed by atoms with Gasteiger partial charge in [0.15, 0.2) is 6.61 Å². The Kier molecular flexibility index (Phi) is 5.78. The van der Waals surface area contributed by atoms with E-state index in [1.165, 1.54) is 4.90 Å². The second kappa shape index (κ2) is 8.43. The van der Waals surface area contributed by atoms with Gasteiger partial charge in [0.05, 0.1) is 12.8 Å². The standard InChI is InChI=1S/C20H21N3O5/c1-23-15-11-14(7-8-17(15)28-12-18(23)24)22-20(26)19(25)21-10-9-13-5-3-4-6-16(13)27-2/h3-8,11H,9-10,12H2,1-2H3,(H,21,25)(H,22,26). The normalized spacial score (nSPS) is 12.6. The molecule has 0 atom stereocenters. The van der Waals surface area contributed by atoms with Crippen molar-refractivity contribution in [3.63, 3.8) is 0 Å². The SMILES string of the molecule is COc1ccccc1CCNC(=O)C(=O)Nc1ccc2c(c1)N(C)C(=O)CO2. The van der Waals surface area contributed by atoms with Gasteiger partial charge in [-0.05, 0) is 36.2 Å². The highest BCUT2D eigenvalue weighted by Crippen LogP contribution is 2.33. The summed E-state index contributed by atoms with van der Waals surface area (Å²) < 4.78 is 10.6. The number of para-hydroxylation sites is 1. The number of hydrogen-bond donors (Lipinski definition) is 2. The molecule has 1 heterocycles. The minimum absolute atomic E-state index is 0.0240. The zero-order valence-corrected chi connectivity index (χ0v) is 15.7. The minimum Gasteiger partial charge on any atom is -0.496 e. The van der Waals surface area contributed by atoms with E-state index in [1.807, 2.05) is 24.3 Å². The van der Waals surface area contributed by atoms with E-state index in [-0.39, 0.29) is 12.5 Å². The van der Waals surface area contributed by atoms with E-state index in [1.54, 1.807) is 32.4 Å². The van der Waals surface area contributed by atoms with Crippen LogP contribution >= 0.6 is 0 Å². The van der Waals surface area contributed by atoms with Crippen LogP contribution in [0.2, 0.25) is 0 Å². The van der Waals surface area contributed by atoms with Gasteiger partial charge in [-0.25, -0.2) is 0 Å².